The fourth-order valence-corrected chi connectivity index (χ4v) is 2.62. The van der Waals surface area contributed by atoms with Gasteiger partial charge in [-0.3, -0.25) is 9.48 Å². The first-order valence-corrected chi connectivity index (χ1v) is 6.89. The van der Waals surface area contributed by atoms with Crippen LogP contribution in [-0.4, -0.2) is 28.8 Å². The number of hydrogen-bond acceptors (Lipinski definition) is 3. The van der Waals surface area contributed by atoms with E-state index in [0.717, 1.165) is 30.8 Å². The molecule has 1 unspecified atom stereocenters. The van der Waals surface area contributed by atoms with Crippen molar-refractivity contribution >= 4 is 17.4 Å². The third-order valence-electron chi connectivity index (χ3n) is 3.42. The zero-order valence-electron chi connectivity index (χ0n) is 10.9. The van der Waals surface area contributed by atoms with Crippen molar-refractivity contribution in [2.45, 2.75) is 39.7 Å². The fraction of sp³-hybridized carbons (Fsp3) is 0.692. The number of carbonyl (C=O) groups excluding carboxylic acids is 1. The van der Waals surface area contributed by atoms with E-state index >= 15 is 0 Å². The molecule has 4 nitrogen and oxygen atoms in total. The molecule has 18 heavy (non-hydrogen) atoms. The van der Waals surface area contributed by atoms with Crippen LogP contribution >= 0.6 is 11.6 Å². The van der Waals surface area contributed by atoms with E-state index in [2.05, 4.69) is 5.10 Å². The topological polar surface area (TPSA) is 44.1 Å². The molecule has 0 bridgehead atoms. The van der Waals surface area contributed by atoms with Crippen LogP contribution in [0.4, 0.5) is 0 Å². The number of ether oxygens (including phenoxy) is 1. The van der Waals surface area contributed by atoms with Crippen molar-refractivity contribution in [3.63, 3.8) is 0 Å². The number of aryl methyl sites for hydroxylation is 2. The summed E-state index contributed by atoms with van der Waals surface area (Å²) in [5.74, 6) is 0.248. The summed E-state index contributed by atoms with van der Waals surface area (Å²) in [5.41, 5.74) is 1.73. The van der Waals surface area contributed by atoms with Gasteiger partial charge in [-0.25, -0.2) is 0 Å². The Hall–Kier alpha value is -0.870. The van der Waals surface area contributed by atoms with Crippen LogP contribution in [0.5, 0.6) is 0 Å². The number of rotatable bonds is 5. The summed E-state index contributed by atoms with van der Waals surface area (Å²) in [6, 6.07) is 0. The lowest BCUT2D eigenvalue weighted by molar-refractivity contribution is -0.122. The van der Waals surface area contributed by atoms with Gasteiger partial charge >= 0.3 is 0 Å². The summed E-state index contributed by atoms with van der Waals surface area (Å²) in [6.07, 6.45) is 1.99. The summed E-state index contributed by atoms with van der Waals surface area (Å²) in [5, 5.41) is 5.09. The van der Waals surface area contributed by atoms with E-state index in [-0.39, 0.29) is 11.7 Å². The number of ketones is 1. The first kappa shape index (κ1) is 13.6. The predicted molar refractivity (Wildman–Crippen MR) is 69.9 cm³/mol. The van der Waals surface area contributed by atoms with Crippen LogP contribution in [0.15, 0.2) is 0 Å². The monoisotopic (exact) mass is 270 g/mol. The van der Waals surface area contributed by atoms with E-state index < -0.39 is 0 Å². The smallest absolute Gasteiger partial charge is 0.144 e. The highest BCUT2D eigenvalue weighted by atomic mass is 35.5. The second-order valence-electron chi connectivity index (χ2n) is 4.58. The van der Waals surface area contributed by atoms with Crippen LogP contribution in [0.25, 0.3) is 0 Å². The quantitative estimate of drug-likeness (QED) is 0.824. The number of halogens is 1. The number of hydrogen-bond donors (Lipinski definition) is 0. The highest BCUT2D eigenvalue weighted by Gasteiger charge is 2.26. The molecule has 0 aromatic carbocycles. The Balaban J connectivity index is 2.16. The molecule has 100 valence electrons. The molecular formula is C13H19ClN2O2. The highest BCUT2D eigenvalue weighted by Crippen LogP contribution is 2.24. The number of nitrogens with zero attached hydrogens (tertiary/aromatic N) is 2. The van der Waals surface area contributed by atoms with Gasteiger partial charge < -0.3 is 4.74 Å². The SMILES string of the molecule is CCc1nn(CC)c(CC(=O)C2CCOC2)c1Cl. The largest absolute Gasteiger partial charge is 0.381 e. The molecule has 0 saturated carbocycles. The average Bonchev–Trinajstić information content (AvgIpc) is 2.99. The maximum atomic E-state index is 12.2. The Morgan fingerprint density at radius 2 is 2.33 bits per heavy atom. The van der Waals surface area contributed by atoms with Gasteiger partial charge in [0, 0.05) is 19.1 Å². The van der Waals surface area contributed by atoms with E-state index in [1.165, 1.54) is 0 Å². The Kier molecular flexibility index (Phi) is 4.40. The maximum Gasteiger partial charge on any atom is 0.144 e. The first-order chi connectivity index (χ1) is 8.67. The van der Waals surface area contributed by atoms with Crippen LogP contribution < -0.4 is 0 Å². The number of carbonyl (C=O) groups is 1. The number of Topliss-reactive ketones (excluding diaryl/α,β-unsaturated/α-hetero) is 1. The molecule has 0 N–H and O–H groups in total. The second-order valence-corrected chi connectivity index (χ2v) is 4.96. The summed E-state index contributed by atoms with van der Waals surface area (Å²) < 4.78 is 7.10. The predicted octanol–water partition coefficient (Wildman–Crippen LogP) is 2.27. The maximum absolute atomic E-state index is 12.2. The summed E-state index contributed by atoms with van der Waals surface area (Å²) in [7, 11) is 0. The minimum Gasteiger partial charge on any atom is -0.381 e. The van der Waals surface area contributed by atoms with Gasteiger partial charge in [0.15, 0.2) is 0 Å². The molecule has 2 rings (SSSR count). The van der Waals surface area contributed by atoms with E-state index in [1.807, 2.05) is 18.5 Å². The molecule has 1 aliphatic heterocycles. The van der Waals surface area contributed by atoms with Gasteiger partial charge in [0.05, 0.1) is 29.4 Å². The second kappa shape index (κ2) is 5.85. The normalized spacial score (nSPS) is 19.4. The molecule has 1 aliphatic rings. The molecule has 0 spiro atoms. The standard InChI is InChI=1S/C13H19ClN2O2/c1-3-10-13(14)11(16(4-2)15-10)7-12(17)9-5-6-18-8-9/h9H,3-8H2,1-2H3. The molecule has 1 atom stereocenters. The lowest BCUT2D eigenvalue weighted by Gasteiger charge is -2.08. The van der Waals surface area contributed by atoms with Crippen LogP contribution in [0.3, 0.4) is 0 Å². The van der Waals surface area contributed by atoms with E-state index in [1.54, 1.807) is 0 Å². The van der Waals surface area contributed by atoms with Crippen LogP contribution in [0.2, 0.25) is 5.02 Å². The Morgan fingerprint density at radius 1 is 1.56 bits per heavy atom. The van der Waals surface area contributed by atoms with Crippen molar-refractivity contribution in [2.24, 2.45) is 5.92 Å². The highest BCUT2D eigenvalue weighted by molar-refractivity contribution is 6.32. The summed E-state index contributed by atoms with van der Waals surface area (Å²) in [4.78, 5) is 12.2. The van der Waals surface area contributed by atoms with Gasteiger partial charge in [-0.2, -0.15) is 5.10 Å². The number of aromatic nitrogens is 2. The van der Waals surface area contributed by atoms with Crippen molar-refractivity contribution < 1.29 is 9.53 Å². The van der Waals surface area contributed by atoms with E-state index in [0.29, 0.717) is 24.7 Å². The molecule has 1 aromatic heterocycles. The molecule has 0 radical (unpaired) electrons. The lowest BCUT2D eigenvalue weighted by Crippen LogP contribution is -2.19. The third-order valence-corrected chi connectivity index (χ3v) is 3.86. The van der Waals surface area contributed by atoms with Crippen molar-refractivity contribution in [2.75, 3.05) is 13.2 Å². The zero-order valence-corrected chi connectivity index (χ0v) is 11.7. The van der Waals surface area contributed by atoms with Crippen molar-refractivity contribution in [1.29, 1.82) is 0 Å². The Labute approximate surface area is 112 Å². The van der Waals surface area contributed by atoms with Crippen LogP contribution in [0.1, 0.15) is 31.7 Å². The third kappa shape index (κ3) is 2.59. The average molecular weight is 271 g/mol. The van der Waals surface area contributed by atoms with E-state index in [4.69, 9.17) is 16.3 Å². The lowest BCUT2D eigenvalue weighted by atomic mass is 9.99. The van der Waals surface area contributed by atoms with Gasteiger partial charge in [-0.05, 0) is 19.8 Å². The van der Waals surface area contributed by atoms with Crippen molar-refractivity contribution in [1.82, 2.24) is 9.78 Å². The minimum atomic E-state index is 0.0337. The van der Waals surface area contributed by atoms with Crippen molar-refractivity contribution in [3.05, 3.63) is 16.4 Å². The fourth-order valence-electron chi connectivity index (χ4n) is 2.28. The van der Waals surface area contributed by atoms with E-state index in [9.17, 15) is 4.79 Å². The van der Waals surface area contributed by atoms with Gasteiger partial charge in [-0.15, -0.1) is 0 Å². The minimum absolute atomic E-state index is 0.0337. The summed E-state index contributed by atoms with van der Waals surface area (Å²) >= 11 is 6.29. The summed E-state index contributed by atoms with van der Waals surface area (Å²) in [6.45, 7) is 6.01. The molecular weight excluding hydrogens is 252 g/mol. The van der Waals surface area contributed by atoms with Gasteiger partial charge in [0.25, 0.3) is 0 Å². The van der Waals surface area contributed by atoms with Gasteiger partial charge in [0.1, 0.15) is 5.78 Å². The van der Waals surface area contributed by atoms with Crippen LogP contribution in [-0.2, 0) is 28.9 Å². The molecule has 1 aromatic rings. The Morgan fingerprint density at radius 3 is 2.89 bits per heavy atom. The van der Waals surface area contributed by atoms with Crippen LogP contribution in [0, 0.1) is 5.92 Å². The van der Waals surface area contributed by atoms with Gasteiger partial charge in [-0.1, -0.05) is 18.5 Å². The van der Waals surface area contributed by atoms with Crippen molar-refractivity contribution in [3.8, 4) is 0 Å². The Bertz CT molecular complexity index is 436. The molecule has 1 fully saturated rings. The molecule has 0 aliphatic carbocycles. The molecule has 5 heteroatoms. The molecule has 2 heterocycles. The first-order valence-electron chi connectivity index (χ1n) is 6.51. The molecule has 1 saturated heterocycles. The molecule has 0 amide bonds. The zero-order chi connectivity index (χ0) is 13.1. The van der Waals surface area contributed by atoms with Gasteiger partial charge in [0.2, 0.25) is 0 Å².